The summed E-state index contributed by atoms with van der Waals surface area (Å²) in [6.07, 6.45) is 9.11. The Bertz CT molecular complexity index is 830. The van der Waals surface area contributed by atoms with Gasteiger partial charge in [-0.15, -0.1) is 0 Å². The summed E-state index contributed by atoms with van der Waals surface area (Å²) in [6.45, 7) is 0.683. The van der Waals surface area contributed by atoms with Gasteiger partial charge in [-0.2, -0.15) is 0 Å². The molecule has 0 aliphatic heterocycles. The fourth-order valence-corrected chi connectivity index (χ4v) is 4.21. The molecule has 1 fully saturated rings. The number of hydrogen-bond acceptors (Lipinski definition) is 4. The highest BCUT2D eigenvalue weighted by atomic mass is 32.2. The summed E-state index contributed by atoms with van der Waals surface area (Å²) >= 11 is 0. The Morgan fingerprint density at radius 1 is 1.00 bits per heavy atom. The van der Waals surface area contributed by atoms with Crippen LogP contribution in [0.15, 0.2) is 53.7 Å². The smallest absolute Gasteiger partial charge is 0.261 e. The van der Waals surface area contributed by atoms with Crippen molar-refractivity contribution in [2.75, 3.05) is 11.3 Å². The average molecular weight is 373 g/mol. The van der Waals surface area contributed by atoms with E-state index < -0.39 is 10.0 Å². The van der Waals surface area contributed by atoms with E-state index in [1.165, 1.54) is 55.9 Å². The topological polar surface area (TPSA) is 88.2 Å². The van der Waals surface area contributed by atoms with E-state index in [0.29, 0.717) is 23.7 Å². The van der Waals surface area contributed by atoms with Gasteiger partial charge in [0.1, 0.15) is 0 Å². The second-order valence-electron chi connectivity index (χ2n) is 6.58. The molecule has 0 atom stereocenters. The molecule has 1 aliphatic rings. The van der Waals surface area contributed by atoms with Crippen LogP contribution >= 0.6 is 0 Å². The Labute approximate surface area is 154 Å². The van der Waals surface area contributed by atoms with E-state index in [1.54, 1.807) is 12.1 Å². The zero-order valence-corrected chi connectivity index (χ0v) is 15.3. The largest absolute Gasteiger partial charge is 0.352 e. The molecule has 0 bridgehead atoms. The number of hydrogen-bond donors (Lipinski definition) is 2. The molecule has 1 saturated carbocycles. The van der Waals surface area contributed by atoms with Gasteiger partial charge in [0.05, 0.1) is 10.6 Å². The van der Waals surface area contributed by atoms with Crippen LogP contribution in [0.25, 0.3) is 0 Å². The Kier molecular flexibility index (Phi) is 5.88. The number of nitrogens with zero attached hydrogens (tertiary/aromatic N) is 1. The molecule has 0 radical (unpaired) electrons. The van der Waals surface area contributed by atoms with Gasteiger partial charge in [-0.25, -0.2) is 8.42 Å². The summed E-state index contributed by atoms with van der Waals surface area (Å²) in [7, 11) is -3.69. The van der Waals surface area contributed by atoms with Crippen molar-refractivity contribution in [2.45, 2.75) is 37.0 Å². The lowest BCUT2D eigenvalue weighted by atomic mass is 9.89. The van der Waals surface area contributed by atoms with Crippen molar-refractivity contribution < 1.29 is 13.2 Å². The van der Waals surface area contributed by atoms with Crippen molar-refractivity contribution >= 4 is 21.6 Å². The second kappa shape index (κ2) is 8.31. The van der Waals surface area contributed by atoms with E-state index >= 15 is 0 Å². The van der Waals surface area contributed by atoms with Gasteiger partial charge in [0.15, 0.2) is 0 Å². The second-order valence-corrected chi connectivity index (χ2v) is 8.26. The summed E-state index contributed by atoms with van der Waals surface area (Å²) in [4.78, 5) is 16.2. The molecule has 1 aromatic heterocycles. The third kappa shape index (κ3) is 4.82. The number of rotatable bonds is 6. The number of carbonyl (C=O) groups excluding carboxylic acids is 1. The maximum Gasteiger partial charge on any atom is 0.261 e. The van der Waals surface area contributed by atoms with Crippen LogP contribution in [-0.4, -0.2) is 25.9 Å². The zero-order chi connectivity index (χ0) is 18.4. The molecule has 3 rings (SSSR count). The number of pyridine rings is 1. The van der Waals surface area contributed by atoms with E-state index in [9.17, 15) is 13.2 Å². The predicted octanol–water partition coefficient (Wildman–Crippen LogP) is 3.19. The summed E-state index contributed by atoms with van der Waals surface area (Å²) in [5, 5.41) is 2.96. The third-order valence-electron chi connectivity index (χ3n) is 4.64. The van der Waals surface area contributed by atoms with Crippen molar-refractivity contribution in [2.24, 2.45) is 5.92 Å². The van der Waals surface area contributed by atoms with Crippen molar-refractivity contribution in [3.8, 4) is 0 Å². The first kappa shape index (κ1) is 18.4. The monoisotopic (exact) mass is 373 g/mol. The summed E-state index contributed by atoms with van der Waals surface area (Å²) in [5.74, 6) is 0.388. The lowest BCUT2D eigenvalue weighted by molar-refractivity contribution is 0.0943. The number of benzene rings is 1. The molecule has 1 aliphatic carbocycles. The van der Waals surface area contributed by atoms with E-state index in [-0.39, 0.29) is 10.8 Å². The van der Waals surface area contributed by atoms with Gasteiger partial charge in [-0.3, -0.25) is 14.5 Å². The molecular weight excluding hydrogens is 350 g/mol. The van der Waals surface area contributed by atoms with Crippen LogP contribution in [0.3, 0.4) is 0 Å². The summed E-state index contributed by atoms with van der Waals surface area (Å²) < 4.78 is 27.2. The molecule has 1 heterocycles. The first-order valence-corrected chi connectivity index (χ1v) is 10.3. The zero-order valence-electron chi connectivity index (χ0n) is 14.5. The molecule has 26 heavy (non-hydrogen) atoms. The minimum atomic E-state index is -3.69. The molecule has 6 nitrogen and oxygen atoms in total. The first-order valence-electron chi connectivity index (χ1n) is 8.86. The number of anilines is 1. The number of carbonyl (C=O) groups is 1. The Morgan fingerprint density at radius 2 is 1.65 bits per heavy atom. The summed E-state index contributed by atoms with van der Waals surface area (Å²) in [6, 6.07) is 9.11. The minimum absolute atomic E-state index is 0.109. The molecule has 0 unspecified atom stereocenters. The fraction of sp³-hybridized carbons (Fsp3) is 0.368. The molecule has 138 valence electrons. The van der Waals surface area contributed by atoms with Gasteiger partial charge in [-0.1, -0.05) is 19.3 Å². The van der Waals surface area contributed by atoms with Crippen LogP contribution in [-0.2, 0) is 10.0 Å². The maximum absolute atomic E-state index is 12.4. The highest BCUT2D eigenvalue weighted by Gasteiger charge is 2.17. The third-order valence-corrected chi connectivity index (χ3v) is 6.03. The Balaban J connectivity index is 1.61. The van der Waals surface area contributed by atoms with Crippen LogP contribution in [0, 0.1) is 5.92 Å². The quantitative estimate of drug-likeness (QED) is 0.814. The molecule has 1 aromatic carbocycles. The van der Waals surface area contributed by atoms with Gasteiger partial charge in [0.2, 0.25) is 0 Å². The molecule has 0 saturated heterocycles. The standard InChI is InChI=1S/C19H23N3O3S/c23-19(21-14-15-4-2-1-3-5-15)16-6-8-18(9-7-16)26(24,25)22-17-10-12-20-13-11-17/h6-13,15H,1-5,14H2,(H,20,22)(H,21,23). The van der Waals surface area contributed by atoms with E-state index in [2.05, 4.69) is 15.0 Å². The fourth-order valence-electron chi connectivity index (χ4n) is 3.15. The molecule has 7 heteroatoms. The molecule has 2 N–H and O–H groups in total. The maximum atomic E-state index is 12.4. The molecule has 0 spiro atoms. The number of aromatic nitrogens is 1. The number of sulfonamides is 1. The molecule has 1 amide bonds. The van der Waals surface area contributed by atoms with Crippen molar-refractivity contribution in [3.63, 3.8) is 0 Å². The number of nitrogens with one attached hydrogen (secondary N) is 2. The van der Waals surface area contributed by atoms with Gasteiger partial charge < -0.3 is 5.32 Å². The van der Waals surface area contributed by atoms with Crippen molar-refractivity contribution in [3.05, 3.63) is 54.4 Å². The van der Waals surface area contributed by atoms with Crippen LogP contribution in [0.5, 0.6) is 0 Å². The highest BCUT2D eigenvalue weighted by Crippen LogP contribution is 2.23. The van der Waals surface area contributed by atoms with Crippen molar-refractivity contribution in [1.82, 2.24) is 10.3 Å². The van der Waals surface area contributed by atoms with Gasteiger partial charge in [0.25, 0.3) is 15.9 Å². The van der Waals surface area contributed by atoms with E-state index in [1.807, 2.05) is 0 Å². The predicted molar refractivity (Wildman–Crippen MR) is 100 cm³/mol. The molecular formula is C19H23N3O3S. The summed E-state index contributed by atoms with van der Waals surface area (Å²) in [5.41, 5.74) is 0.901. The van der Waals surface area contributed by atoms with E-state index in [0.717, 1.165) is 12.8 Å². The van der Waals surface area contributed by atoms with Gasteiger partial charge in [0, 0.05) is 24.5 Å². The van der Waals surface area contributed by atoms with Crippen LogP contribution < -0.4 is 10.0 Å². The lowest BCUT2D eigenvalue weighted by Crippen LogP contribution is -2.30. The van der Waals surface area contributed by atoms with Gasteiger partial charge >= 0.3 is 0 Å². The van der Waals surface area contributed by atoms with E-state index in [4.69, 9.17) is 0 Å². The van der Waals surface area contributed by atoms with Crippen LogP contribution in [0.4, 0.5) is 5.69 Å². The van der Waals surface area contributed by atoms with Crippen LogP contribution in [0.1, 0.15) is 42.5 Å². The Hall–Kier alpha value is -2.41. The van der Waals surface area contributed by atoms with Crippen LogP contribution in [0.2, 0.25) is 0 Å². The first-order chi connectivity index (χ1) is 12.5. The Morgan fingerprint density at radius 3 is 2.31 bits per heavy atom. The number of amides is 1. The highest BCUT2D eigenvalue weighted by molar-refractivity contribution is 7.92. The van der Waals surface area contributed by atoms with Crippen molar-refractivity contribution in [1.29, 1.82) is 0 Å². The average Bonchev–Trinajstić information content (AvgIpc) is 2.67. The lowest BCUT2D eigenvalue weighted by Gasteiger charge is -2.21. The van der Waals surface area contributed by atoms with Gasteiger partial charge in [-0.05, 0) is 55.2 Å². The molecule has 2 aromatic rings. The SMILES string of the molecule is O=C(NCC1CCCCC1)c1ccc(S(=O)(=O)Nc2ccncc2)cc1. The normalized spacial score (nSPS) is 15.4. The minimum Gasteiger partial charge on any atom is -0.352 e.